The van der Waals surface area contributed by atoms with Crippen molar-refractivity contribution in [3.8, 4) is 0 Å². The maximum absolute atomic E-state index is 12.3. The van der Waals surface area contributed by atoms with Crippen LogP contribution in [0.15, 0.2) is 82.4 Å². The van der Waals surface area contributed by atoms with E-state index in [4.69, 9.17) is 0 Å². The first kappa shape index (κ1) is 19.2. The summed E-state index contributed by atoms with van der Waals surface area (Å²) in [4.78, 5) is 16.6. The smallest absolute Gasteiger partial charge is 0.319 e. The number of aromatic nitrogens is 1. The van der Waals surface area contributed by atoms with Crippen LogP contribution in [0.2, 0.25) is 0 Å². The zero-order valence-electron chi connectivity index (χ0n) is 14.2. The second-order valence-corrected chi connectivity index (χ2v) is 7.70. The summed E-state index contributed by atoms with van der Waals surface area (Å²) in [6.45, 7) is 0.394. The molecular weight excluding hydrogens is 428 g/mol. The third-order valence-electron chi connectivity index (χ3n) is 3.56. The molecule has 3 rings (SSSR count). The van der Waals surface area contributed by atoms with Crippen LogP contribution in [0.4, 0.5) is 16.2 Å². The first-order valence-electron chi connectivity index (χ1n) is 8.08. The van der Waals surface area contributed by atoms with Gasteiger partial charge < -0.3 is 15.2 Å². The zero-order chi connectivity index (χ0) is 19.1. The second kappa shape index (κ2) is 9.40. The van der Waals surface area contributed by atoms with E-state index in [0.29, 0.717) is 22.8 Å². The molecule has 1 atom stereocenters. The molecule has 0 bridgehead atoms. The minimum atomic E-state index is -1.36. The lowest BCUT2D eigenvalue weighted by molar-refractivity contribution is 0.251. The lowest BCUT2D eigenvalue weighted by atomic mass is 10.3. The Bertz CT molecular complexity index is 876. The molecule has 2 aromatic carbocycles. The Kier molecular flexibility index (Phi) is 6.69. The van der Waals surface area contributed by atoms with Crippen LogP contribution in [0.25, 0.3) is 0 Å². The molecule has 8 heteroatoms. The van der Waals surface area contributed by atoms with Crippen molar-refractivity contribution in [2.75, 3.05) is 10.0 Å². The summed E-state index contributed by atoms with van der Waals surface area (Å²) < 4.78 is 16.2. The zero-order valence-corrected chi connectivity index (χ0v) is 16.6. The van der Waals surface area contributed by atoms with E-state index in [1.165, 1.54) is 0 Å². The van der Waals surface area contributed by atoms with Gasteiger partial charge in [0.15, 0.2) is 4.90 Å². The normalized spacial score (nSPS) is 11.5. The minimum absolute atomic E-state index is 0.307. The van der Waals surface area contributed by atoms with Gasteiger partial charge in [0, 0.05) is 29.1 Å². The number of nitrogens with one attached hydrogen (secondary N) is 3. The van der Waals surface area contributed by atoms with Crippen molar-refractivity contribution in [1.82, 2.24) is 10.3 Å². The molecule has 0 aliphatic rings. The molecule has 0 radical (unpaired) electrons. The number of hydrogen-bond donors (Lipinski definition) is 3. The average molecular weight is 445 g/mol. The Morgan fingerprint density at radius 2 is 1.74 bits per heavy atom. The summed E-state index contributed by atoms with van der Waals surface area (Å²) in [5.41, 5.74) is 2.25. The molecule has 138 valence electrons. The molecule has 6 nitrogen and oxygen atoms in total. The average Bonchev–Trinajstić information content (AvgIpc) is 2.69. The first-order chi connectivity index (χ1) is 13.1. The minimum Gasteiger partial charge on any atom is -0.588 e. The highest BCUT2D eigenvalue weighted by molar-refractivity contribution is 9.10. The number of amides is 2. The van der Waals surface area contributed by atoms with Gasteiger partial charge in [0.25, 0.3) is 0 Å². The molecule has 0 aliphatic heterocycles. The summed E-state index contributed by atoms with van der Waals surface area (Å²) in [5.74, 6) is 0. The highest BCUT2D eigenvalue weighted by Crippen LogP contribution is 2.20. The number of halogens is 1. The highest BCUT2D eigenvalue weighted by Gasteiger charge is 2.11. The highest BCUT2D eigenvalue weighted by atomic mass is 79.9. The third-order valence-corrected chi connectivity index (χ3v) is 5.21. The van der Waals surface area contributed by atoms with Gasteiger partial charge in [-0.3, -0.25) is 4.98 Å². The first-order valence-corrected chi connectivity index (χ1v) is 10.0. The Balaban J connectivity index is 1.50. The van der Waals surface area contributed by atoms with E-state index in [-0.39, 0.29) is 6.03 Å². The number of benzene rings is 2. The second-order valence-electron chi connectivity index (χ2n) is 5.57. The SMILES string of the molecule is O=C(NCc1cccnc1)Nc1ccc(N[S+]([O-])c2ccc(Br)cc2)cc1. The van der Waals surface area contributed by atoms with Crippen molar-refractivity contribution in [3.05, 3.63) is 83.1 Å². The quantitative estimate of drug-likeness (QED) is 0.494. The number of carbonyl (C=O) groups excluding carboxylic acids is 1. The van der Waals surface area contributed by atoms with Crippen LogP contribution < -0.4 is 15.4 Å². The van der Waals surface area contributed by atoms with Crippen molar-refractivity contribution in [2.45, 2.75) is 11.4 Å². The van der Waals surface area contributed by atoms with Crippen molar-refractivity contribution in [3.63, 3.8) is 0 Å². The molecule has 1 aromatic heterocycles. The molecule has 0 saturated heterocycles. The molecule has 0 spiro atoms. The maximum Gasteiger partial charge on any atom is 0.319 e. The molecule has 1 unspecified atom stereocenters. The van der Waals surface area contributed by atoms with Crippen LogP contribution in [0.5, 0.6) is 0 Å². The van der Waals surface area contributed by atoms with E-state index in [0.717, 1.165) is 10.0 Å². The van der Waals surface area contributed by atoms with Gasteiger partial charge in [0.2, 0.25) is 0 Å². The fourth-order valence-electron chi connectivity index (χ4n) is 2.21. The van der Waals surface area contributed by atoms with E-state index >= 15 is 0 Å². The molecule has 2 amide bonds. The predicted octanol–water partition coefficient (Wildman–Crippen LogP) is 4.30. The number of hydrogen-bond acceptors (Lipinski definition) is 4. The monoisotopic (exact) mass is 444 g/mol. The Morgan fingerprint density at radius 3 is 2.41 bits per heavy atom. The lowest BCUT2D eigenvalue weighted by Crippen LogP contribution is -2.28. The number of nitrogens with zero attached hydrogens (tertiary/aromatic N) is 1. The van der Waals surface area contributed by atoms with Crippen LogP contribution in [-0.4, -0.2) is 15.6 Å². The number of rotatable bonds is 6. The number of urea groups is 1. The van der Waals surface area contributed by atoms with Crippen LogP contribution in [0.1, 0.15) is 5.56 Å². The van der Waals surface area contributed by atoms with Crippen LogP contribution in [0.3, 0.4) is 0 Å². The molecular formula is C19H17BrN4O2S. The molecule has 0 aliphatic carbocycles. The van der Waals surface area contributed by atoms with E-state index in [9.17, 15) is 9.35 Å². The van der Waals surface area contributed by atoms with Crippen LogP contribution in [0, 0.1) is 0 Å². The molecule has 1 heterocycles. The molecule has 0 saturated carbocycles. The summed E-state index contributed by atoms with van der Waals surface area (Å²) in [5, 5.41) is 5.51. The van der Waals surface area contributed by atoms with Gasteiger partial charge in [0.1, 0.15) is 11.4 Å². The Hall–Kier alpha value is -2.55. The molecule has 0 fully saturated rings. The topological polar surface area (TPSA) is 89.1 Å². The van der Waals surface area contributed by atoms with Crippen molar-refractivity contribution >= 4 is 44.7 Å². The summed E-state index contributed by atoms with van der Waals surface area (Å²) >= 11 is 1.99. The van der Waals surface area contributed by atoms with Crippen molar-refractivity contribution in [2.24, 2.45) is 0 Å². The molecule has 3 aromatic rings. The fourth-order valence-corrected chi connectivity index (χ4v) is 3.32. The molecule has 3 N–H and O–H groups in total. The summed E-state index contributed by atoms with van der Waals surface area (Å²) in [6.07, 6.45) is 3.38. The predicted molar refractivity (Wildman–Crippen MR) is 111 cm³/mol. The van der Waals surface area contributed by atoms with E-state index < -0.39 is 11.4 Å². The standard InChI is InChI=1S/C19H17BrN4O2S/c20-15-3-9-18(10-4-15)27(26)24-17-7-5-16(6-8-17)23-19(25)22-13-14-2-1-11-21-12-14/h1-12,24H,13H2,(H2,22,23,25). The van der Waals surface area contributed by atoms with Gasteiger partial charge >= 0.3 is 6.03 Å². The van der Waals surface area contributed by atoms with E-state index in [2.05, 4.69) is 36.3 Å². The fraction of sp³-hybridized carbons (Fsp3) is 0.0526. The van der Waals surface area contributed by atoms with Crippen LogP contribution >= 0.6 is 15.9 Å². The number of carbonyl (C=O) groups is 1. The van der Waals surface area contributed by atoms with Gasteiger partial charge in [-0.1, -0.05) is 22.0 Å². The summed E-state index contributed by atoms with van der Waals surface area (Å²) in [6, 6.07) is 17.6. The Morgan fingerprint density at radius 1 is 1.04 bits per heavy atom. The molecule has 27 heavy (non-hydrogen) atoms. The van der Waals surface area contributed by atoms with Gasteiger partial charge in [-0.15, -0.1) is 0 Å². The van der Waals surface area contributed by atoms with Gasteiger partial charge in [-0.2, -0.15) is 0 Å². The largest absolute Gasteiger partial charge is 0.588 e. The third kappa shape index (κ3) is 5.99. The Labute approximate surface area is 168 Å². The van der Waals surface area contributed by atoms with E-state index in [1.54, 1.807) is 48.8 Å². The lowest BCUT2D eigenvalue weighted by Gasteiger charge is -2.12. The van der Waals surface area contributed by atoms with Gasteiger partial charge in [-0.25, -0.2) is 9.52 Å². The van der Waals surface area contributed by atoms with Gasteiger partial charge in [-0.05, 0) is 60.2 Å². The summed E-state index contributed by atoms with van der Waals surface area (Å²) in [7, 11) is 0. The maximum atomic E-state index is 12.3. The number of anilines is 2. The van der Waals surface area contributed by atoms with Crippen LogP contribution in [-0.2, 0) is 17.9 Å². The van der Waals surface area contributed by atoms with E-state index in [1.807, 2.05) is 24.3 Å². The van der Waals surface area contributed by atoms with Crippen molar-refractivity contribution in [1.29, 1.82) is 0 Å². The van der Waals surface area contributed by atoms with Gasteiger partial charge in [0.05, 0.1) is 5.69 Å². The van der Waals surface area contributed by atoms with Crippen molar-refractivity contribution < 1.29 is 9.35 Å². The number of pyridine rings is 1.